The summed E-state index contributed by atoms with van der Waals surface area (Å²) in [5.41, 5.74) is 0. The molecule has 14 heavy (non-hydrogen) atoms. The first-order valence-corrected chi connectivity index (χ1v) is 4.64. The molecule has 1 N–H and O–H groups in total. The number of aryl methyl sites for hydroxylation is 1. The zero-order chi connectivity index (χ0) is 10.6. The normalized spacial score (nSPS) is 11.9. The Balaban J connectivity index is 2.64. The molecule has 0 aliphatic carbocycles. The SMILES string of the molecule is Cc1nc(Cl)cc(NC[C@H](C)C#N)n1. The van der Waals surface area contributed by atoms with E-state index >= 15 is 0 Å². The average molecular weight is 211 g/mol. The van der Waals surface area contributed by atoms with Crippen LogP contribution in [0.5, 0.6) is 0 Å². The van der Waals surface area contributed by atoms with E-state index in [4.69, 9.17) is 16.9 Å². The second kappa shape index (κ2) is 4.77. The van der Waals surface area contributed by atoms with Crippen molar-refractivity contribution in [3.05, 3.63) is 17.0 Å². The number of anilines is 1. The first-order chi connectivity index (χ1) is 6.61. The molecule has 0 spiro atoms. The minimum atomic E-state index is -0.0518. The van der Waals surface area contributed by atoms with Crippen molar-refractivity contribution in [2.45, 2.75) is 13.8 Å². The molecule has 1 aromatic rings. The van der Waals surface area contributed by atoms with Crippen LogP contribution in [-0.2, 0) is 0 Å². The third-order valence-corrected chi connectivity index (χ3v) is 1.81. The summed E-state index contributed by atoms with van der Waals surface area (Å²) in [5, 5.41) is 12.0. The van der Waals surface area contributed by atoms with Crippen LogP contribution in [0.3, 0.4) is 0 Å². The smallest absolute Gasteiger partial charge is 0.134 e. The molecule has 0 saturated carbocycles. The maximum absolute atomic E-state index is 8.57. The topological polar surface area (TPSA) is 61.6 Å². The molecule has 0 aromatic carbocycles. The van der Waals surface area contributed by atoms with Gasteiger partial charge in [-0.25, -0.2) is 9.97 Å². The lowest BCUT2D eigenvalue weighted by Crippen LogP contribution is -2.11. The number of nitrogens with one attached hydrogen (secondary N) is 1. The Bertz CT molecular complexity index is 338. The van der Waals surface area contributed by atoms with Crippen molar-refractivity contribution in [1.29, 1.82) is 5.26 Å². The van der Waals surface area contributed by atoms with E-state index in [0.717, 1.165) is 0 Å². The second-order valence-corrected chi connectivity index (χ2v) is 3.42. The van der Waals surface area contributed by atoms with Crippen LogP contribution in [0.4, 0.5) is 5.82 Å². The molecular formula is C9H11ClN4. The Morgan fingerprint density at radius 1 is 1.64 bits per heavy atom. The highest BCUT2D eigenvalue weighted by molar-refractivity contribution is 6.29. The predicted octanol–water partition coefficient (Wildman–Crippen LogP) is 2.01. The molecule has 4 nitrogen and oxygen atoms in total. The fourth-order valence-electron chi connectivity index (χ4n) is 0.925. The minimum Gasteiger partial charge on any atom is -0.369 e. The van der Waals surface area contributed by atoms with Crippen LogP contribution in [-0.4, -0.2) is 16.5 Å². The number of rotatable bonds is 3. The Kier molecular flexibility index (Phi) is 3.66. The highest BCUT2D eigenvalue weighted by Gasteiger charge is 2.02. The Morgan fingerprint density at radius 3 is 2.93 bits per heavy atom. The zero-order valence-electron chi connectivity index (χ0n) is 8.08. The second-order valence-electron chi connectivity index (χ2n) is 3.03. The van der Waals surface area contributed by atoms with Crippen molar-refractivity contribution < 1.29 is 0 Å². The standard InChI is InChI=1S/C9H11ClN4/c1-6(4-11)5-12-9-3-8(10)13-7(2)14-9/h3,6H,5H2,1-2H3,(H,12,13,14)/t6-/m1/s1. The van der Waals surface area contributed by atoms with Gasteiger partial charge in [-0.2, -0.15) is 5.26 Å². The van der Waals surface area contributed by atoms with Crippen molar-refractivity contribution in [3.8, 4) is 6.07 Å². The summed E-state index contributed by atoms with van der Waals surface area (Å²) >= 11 is 5.74. The molecule has 0 amide bonds. The lowest BCUT2D eigenvalue weighted by molar-refractivity contribution is 0.781. The van der Waals surface area contributed by atoms with Gasteiger partial charge in [0.15, 0.2) is 0 Å². The van der Waals surface area contributed by atoms with Crippen LogP contribution in [0.25, 0.3) is 0 Å². The van der Waals surface area contributed by atoms with Crippen molar-refractivity contribution >= 4 is 17.4 Å². The van der Waals surface area contributed by atoms with Gasteiger partial charge in [0, 0.05) is 12.6 Å². The third-order valence-electron chi connectivity index (χ3n) is 1.62. The van der Waals surface area contributed by atoms with Crippen molar-refractivity contribution in [2.75, 3.05) is 11.9 Å². The molecule has 74 valence electrons. The van der Waals surface area contributed by atoms with Gasteiger partial charge in [-0.15, -0.1) is 0 Å². The lowest BCUT2D eigenvalue weighted by atomic mass is 10.2. The van der Waals surface area contributed by atoms with Crippen LogP contribution in [0.1, 0.15) is 12.7 Å². The zero-order valence-corrected chi connectivity index (χ0v) is 8.84. The number of hydrogen-bond donors (Lipinski definition) is 1. The molecule has 0 bridgehead atoms. The first kappa shape index (κ1) is 10.7. The van der Waals surface area contributed by atoms with E-state index in [2.05, 4.69) is 21.4 Å². The molecule has 1 heterocycles. The number of hydrogen-bond acceptors (Lipinski definition) is 4. The average Bonchev–Trinajstić information content (AvgIpc) is 2.12. The lowest BCUT2D eigenvalue weighted by Gasteiger charge is -2.06. The molecule has 1 rings (SSSR count). The van der Waals surface area contributed by atoms with E-state index in [-0.39, 0.29) is 5.92 Å². The van der Waals surface area contributed by atoms with Gasteiger partial charge < -0.3 is 5.32 Å². The summed E-state index contributed by atoms with van der Waals surface area (Å²) in [6.45, 7) is 4.16. The van der Waals surface area contributed by atoms with Gasteiger partial charge in [0.05, 0.1) is 12.0 Å². The summed E-state index contributed by atoms with van der Waals surface area (Å²) in [6, 6.07) is 3.76. The largest absolute Gasteiger partial charge is 0.369 e. The highest BCUT2D eigenvalue weighted by Crippen LogP contribution is 2.11. The summed E-state index contributed by atoms with van der Waals surface area (Å²) in [4.78, 5) is 8.06. The molecule has 1 atom stereocenters. The predicted molar refractivity (Wildman–Crippen MR) is 55.0 cm³/mol. The first-order valence-electron chi connectivity index (χ1n) is 4.26. The summed E-state index contributed by atoms with van der Waals surface area (Å²) < 4.78 is 0. The number of halogens is 1. The summed E-state index contributed by atoms with van der Waals surface area (Å²) in [7, 11) is 0. The van der Waals surface area contributed by atoms with Gasteiger partial charge in [-0.3, -0.25) is 0 Å². The number of nitrogens with zero attached hydrogens (tertiary/aromatic N) is 3. The molecule has 1 aromatic heterocycles. The fraction of sp³-hybridized carbons (Fsp3) is 0.444. The Labute approximate surface area is 87.9 Å². The van der Waals surface area contributed by atoms with Crippen LogP contribution in [0, 0.1) is 24.2 Å². The Morgan fingerprint density at radius 2 is 2.36 bits per heavy atom. The van der Waals surface area contributed by atoms with E-state index in [1.807, 2.05) is 6.92 Å². The fourth-order valence-corrected chi connectivity index (χ4v) is 1.15. The maximum atomic E-state index is 8.57. The van der Waals surface area contributed by atoms with Crippen LogP contribution < -0.4 is 5.32 Å². The molecule has 0 aliphatic rings. The summed E-state index contributed by atoms with van der Waals surface area (Å²) in [6.07, 6.45) is 0. The van der Waals surface area contributed by atoms with E-state index in [9.17, 15) is 0 Å². The molecule has 0 aliphatic heterocycles. The molecular weight excluding hydrogens is 200 g/mol. The van der Waals surface area contributed by atoms with E-state index in [1.54, 1.807) is 13.0 Å². The monoisotopic (exact) mass is 210 g/mol. The van der Waals surface area contributed by atoms with Crippen LogP contribution >= 0.6 is 11.6 Å². The molecule has 0 unspecified atom stereocenters. The van der Waals surface area contributed by atoms with Gasteiger partial charge in [0.2, 0.25) is 0 Å². The van der Waals surface area contributed by atoms with Crippen LogP contribution in [0.15, 0.2) is 6.07 Å². The van der Waals surface area contributed by atoms with Crippen LogP contribution in [0.2, 0.25) is 5.15 Å². The molecule has 0 fully saturated rings. The molecule has 5 heteroatoms. The minimum absolute atomic E-state index is 0.0518. The highest BCUT2D eigenvalue weighted by atomic mass is 35.5. The quantitative estimate of drug-likeness (QED) is 0.776. The molecule has 0 radical (unpaired) electrons. The van der Waals surface area contributed by atoms with E-state index < -0.39 is 0 Å². The van der Waals surface area contributed by atoms with E-state index in [0.29, 0.717) is 23.3 Å². The van der Waals surface area contributed by atoms with Crippen molar-refractivity contribution in [3.63, 3.8) is 0 Å². The third kappa shape index (κ3) is 3.19. The molecule has 0 saturated heterocycles. The number of nitriles is 1. The van der Waals surface area contributed by atoms with Gasteiger partial charge in [0.1, 0.15) is 16.8 Å². The van der Waals surface area contributed by atoms with E-state index in [1.165, 1.54) is 0 Å². The van der Waals surface area contributed by atoms with Gasteiger partial charge in [-0.1, -0.05) is 11.6 Å². The maximum Gasteiger partial charge on any atom is 0.134 e. The Hall–Kier alpha value is -1.34. The van der Waals surface area contributed by atoms with Crippen molar-refractivity contribution in [2.24, 2.45) is 5.92 Å². The van der Waals surface area contributed by atoms with Gasteiger partial charge >= 0.3 is 0 Å². The van der Waals surface area contributed by atoms with Crippen molar-refractivity contribution in [1.82, 2.24) is 9.97 Å². The summed E-state index contributed by atoms with van der Waals surface area (Å²) in [5.74, 6) is 1.22. The van der Waals surface area contributed by atoms with Gasteiger partial charge in [0.25, 0.3) is 0 Å². The van der Waals surface area contributed by atoms with Gasteiger partial charge in [-0.05, 0) is 13.8 Å². The number of aromatic nitrogens is 2.